The highest BCUT2D eigenvalue weighted by atomic mass is 16.5. The van der Waals surface area contributed by atoms with Crippen LogP contribution in [0.2, 0.25) is 0 Å². The first-order valence-electron chi connectivity index (χ1n) is 7.05. The Bertz CT molecular complexity index is 668. The first kappa shape index (κ1) is 13.5. The topological polar surface area (TPSA) is 45.1 Å². The zero-order valence-electron chi connectivity index (χ0n) is 12.0. The van der Waals surface area contributed by atoms with Gasteiger partial charge in [-0.2, -0.15) is 5.10 Å². The van der Waals surface area contributed by atoms with Crippen molar-refractivity contribution in [2.45, 2.75) is 12.8 Å². The molecule has 0 saturated heterocycles. The lowest BCUT2D eigenvalue weighted by Crippen LogP contribution is -2.24. The number of anilines is 1. The minimum Gasteiger partial charge on any atom is -0.504 e. The summed E-state index contributed by atoms with van der Waals surface area (Å²) in [5.41, 5.74) is 3.11. The monoisotopic (exact) mass is 282 g/mol. The molecule has 0 atom stereocenters. The maximum absolute atomic E-state index is 10.1. The van der Waals surface area contributed by atoms with Crippen LogP contribution in [0.1, 0.15) is 17.5 Å². The molecule has 0 bridgehead atoms. The van der Waals surface area contributed by atoms with Crippen molar-refractivity contribution in [1.82, 2.24) is 0 Å². The Morgan fingerprint density at radius 1 is 1.19 bits per heavy atom. The molecule has 4 heteroatoms. The molecule has 3 rings (SSSR count). The number of aryl methyl sites for hydroxylation is 1. The van der Waals surface area contributed by atoms with Crippen molar-refractivity contribution in [3.63, 3.8) is 0 Å². The molecule has 0 radical (unpaired) electrons. The predicted octanol–water partition coefficient (Wildman–Crippen LogP) is 3.19. The second kappa shape index (κ2) is 5.87. The standard InChI is InChI=1S/C17H18N2O2/c1-21-16-10-4-7-14(17(16)20)12-18-19-11-5-8-13-6-2-3-9-15(13)19/h2-4,6-7,9-10,12,20H,5,8,11H2,1H3. The molecule has 0 unspecified atom stereocenters. The van der Waals surface area contributed by atoms with Crippen molar-refractivity contribution in [1.29, 1.82) is 0 Å². The minimum absolute atomic E-state index is 0.119. The molecule has 0 aliphatic carbocycles. The van der Waals surface area contributed by atoms with Gasteiger partial charge in [0.2, 0.25) is 0 Å². The van der Waals surface area contributed by atoms with Gasteiger partial charge >= 0.3 is 0 Å². The van der Waals surface area contributed by atoms with Crippen molar-refractivity contribution in [2.24, 2.45) is 5.10 Å². The molecule has 1 heterocycles. The van der Waals surface area contributed by atoms with Gasteiger partial charge < -0.3 is 9.84 Å². The van der Waals surface area contributed by atoms with E-state index in [0.29, 0.717) is 11.3 Å². The summed E-state index contributed by atoms with van der Waals surface area (Å²) in [7, 11) is 1.54. The highest BCUT2D eigenvalue weighted by Crippen LogP contribution is 2.29. The lowest BCUT2D eigenvalue weighted by atomic mass is 10.0. The van der Waals surface area contributed by atoms with Crippen LogP contribution in [-0.2, 0) is 6.42 Å². The van der Waals surface area contributed by atoms with Crippen LogP contribution in [-0.4, -0.2) is 25.0 Å². The first-order chi connectivity index (χ1) is 10.3. The Morgan fingerprint density at radius 3 is 2.90 bits per heavy atom. The predicted molar refractivity (Wildman–Crippen MR) is 84.4 cm³/mol. The van der Waals surface area contributed by atoms with E-state index in [1.807, 2.05) is 23.2 Å². The summed E-state index contributed by atoms with van der Waals surface area (Å²) in [6.45, 7) is 0.887. The van der Waals surface area contributed by atoms with E-state index in [2.05, 4.69) is 23.3 Å². The van der Waals surface area contributed by atoms with Gasteiger partial charge in [0.1, 0.15) is 0 Å². The Labute approximate surface area is 124 Å². The van der Waals surface area contributed by atoms with Crippen LogP contribution >= 0.6 is 0 Å². The normalized spacial score (nSPS) is 14.2. The summed E-state index contributed by atoms with van der Waals surface area (Å²) in [5.74, 6) is 0.576. The quantitative estimate of drug-likeness (QED) is 0.879. The number of rotatable bonds is 3. The number of fused-ring (bicyclic) bond motifs is 1. The Hall–Kier alpha value is -2.49. The molecule has 1 aliphatic heterocycles. The van der Waals surface area contributed by atoms with Gasteiger partial charge in [0.05, 0.1) is 19.0 Å². The van der Waals surface area contributed by atoms with Crippen LogP contribution in [0.5, 0.6) is 11.5 Å². The van der Waals surface area contributed by atoms with E-state index in [1.54, 1.807) is 12.3 Å². The Balaban J connectivity index is 1.88. The maximum Gasteiger partial charge on any atom is 0.166 e. The number of phenolic OH excluding ortho intramolecular Hbond substituents is 1. The molecule has 0 saturated carbocycles. The number of hydrogen-bond donors (Lipinski definition) is 1. The SMILES string of the molecule is COc1cccc(C=NN2CCCc3ccccc32)c1O. The lowest BCUT2D eigenvalue weighted by molar-refractivity contribution is 0.373. The molecule has 0 aromatic heterocycles. The van der Waals surface area contributed by atoms with Crippen molar-refractivity contribution in [3.05, 3.63) is 53.6 Å². The third kappa shape index (κ3) is 2.70. The fourth-order valence-corrected chi connectivity index (χ4v) is 2.57. The van der Waals surface area contributed by atoms with Crippen LogP contribution in [0.25, 0.3) is 0 Å². The fraction of sp³-hybridized carbons (Fsp3) is 0.235. The highest BCUT2D eigenvalue weighted by Gasteiger charge is 2.15. The van der Waals surface area contributed by atoms with Gasteiger partial charge in [-0.05, 0) is 36.6 Å². The minimum atomic E-state index is 0.119. The second-order valence-corrected chi connectivity index (χ2v) is 5.00. The van der Waals surface area contributed by atoms with E-state index in [0.717, 1.165) is 25.1 Å². The van der Waals surface area contributed by atoms with Gasteiger partial charge in [-0.1, -0.05) is 24.3 Å². The summed E-state index contributed by atoms with van der Waals surface area (Å²) in [6, 6.07) is 13.7. The summed E-state index contributed by atoms with van der Waals surface area (Å²) in [6.07, 6.45) is 3.85. The van der Waals surface area contributed by atoms with Gasteiger partial charge in [0.25, 0.3) is 0 Å². The molecule has 1 aliphatic rings. The van der Waals surface area contributed by atoms with Crippen molar-refractivity contribution in [2.75, 3.05) is 18.7 Å². The largest absolute Gasteiger partial charge is 0.504 e. The summed E-state index contributed by atoms with van der Waals surface area (Å²) in [5, 5.41) is 16.6. The van der Waals surface area contributed by atoms with Crippen LogP contribution in [0.15, 0.2) is 47.6 Å². The molecule has 2 aromatic rings. The van der Waals surface area contributed by atoms with E-state index in [1.165, 1.54) is 12.7 Å². The second-order valence-electron chi connectivity index (χ2n) is 5.00. The lowest BCUT2D eigenvalue weighted by Gasteiger charge is -2.26. The Morgan fingerprint density at radius 2 is 2.05 bits per heavy atom. The van der Waals surface area contributed by atoms with Gasteiger partial charge in [0.15, 0.2) is 11.5 Å². The first-order valence-corrected chi connectivity index (χ1v) is 7.05. The molecule has 1 N–H and O–H groups in total. The molecule has 21 heavy (non-hydrogen) atoms. The fourth-order valence-electron chi connectivity index (χ4n) is 2.57. The average Bonchev–Trinajstić information content (AvgIpc) is 2.54. The van der Waals surface area contributed by atoms with Gasteiger partial charge in [-0.15, -0.1) is 0 Å². The summed E-state index contributed by atoms with van der Waals surface area (Å²) in [4.78, 5) is 0. The van der Waals surface area contributed by atoms with E-state index in [9.17, 15) is 5.11 Å². The number of benzene rings is 2. The summed E-state index contributed by atoms with van der Waals surface area (Å²) >= 11 is 0. The third-order valence-corrected chi connectivity index (χ3v) is 3.67. The molecule has 2 aromatic carbocycles. The van der Waals surface area contributed by atoms with Crippen molar-refractivity contribution in [3.8, 4) is 11.5 Å². The number of nitrogens with zero attached hydrogens (tertiary/aromatic N) is 2. The van der Waals surface area contributed by atoms with Crippen LogP contribution in [0.3, 0.4) is 0 Å². The van der Waals surface area contributed by atoms with E-state index in [4.69, 9.17) is 4.74 Å². The third-order valence-electron chi connectivity index (χ3n) is 3.67. The molecule has 108 valence electrons. The van der Waals surface area contributed by atoms with E-state index < -0.39 is 0 Å². The Kier molecular flexibility index (Phi) is 3.77. The zero-order chi connectivity index (χ0) is 14.7. The molecular formula is C17H18N2O2. The van der Waals surface area contributed by atoms with E-state index >= 15 is 0 Å². The molecular weight excluding hydrogens is 264 g/mol. The molecule has 0 fully saturated rings. The van der Waals surface area contributed by atoms with Gasteiger partial charge in [-0.25, -0.2) is 0 Å². The number of methoxy groups -OCH3 is 1. The number of para-hydroxylation sites is 2. The van der Waals surface area contributed by atoms with E-state index in [-0.39, 0.29) is 5.75 Å². The zero-order valence-corrected chi connectivity index (χ0v) is 12.0. The van der Waals surface area contributed by atoms with Gasteiger partial charge in [0, 0.05) is 12.1 Å². The summed E-state index contributed by atoms with van der Waals surface area (Å²) < 4.78 is 5.11. The number of ether oxygens (including phenoxy) is 1. The van der Waals surface area contributed by atoms with Gasteiger partial charge in [-0.3, -0.25) is 5.01 Å². The maximum atomic E-state index is 10.1. The van der Waals surface area contributed by atoms with Crippen molar-refractivity contribution < 1.29 is 9.84 Å². The number of hydrogen-bond acceptors (Lipinski definition) is 4. The molecule has 4 nitrogen and oxygen atoms in total. The molecule has 0 amide bonds. The molecule has 0 spiro atoms. The van der Waals surface area contributed by atoms with Crippen LogP contribution in [0.4, 0.5) is 5.69 Å². The number of hydrazone groups is 1. The smallest absolute Gasteiger partial charge is 0.166 e. The van der Waals surface area contributed by atoms with Crippen LogP contribution < -0.4 is 9.75 Å². The van der Waals surface area contributed by atoms with Crippen LogP contribution in [0, 0.1) is 0 Å². The number of phenols is 1. The average molecular weight is 282 g/mol. The highest BCUT2D eigenvalue weighted by molar-refractivity contribution is 5.85. The van der Waals surface area contributed by atoms with Crippen molar-refractivity contribution >= 4 is 11.9 Å². The number of aromatic hydroxyl groups is 1.